The zero-order valence-corrected chi connectivity index (χ0v) is 12.5. The number of nitrogens with one attached hydrogen (secondary N) is 2. The molecule has 1 aromatic heterocycles. The molecule has 0 saturated carbocycles. The Hall–Kier alpha value is -3.09. The van der Waals surface area contributed by atoms with Crippen LogP contribution in [-0.4, -0.2) is 30.1 Å². The summed E-state index contributed by atoms with van der Waals surface area (Å²) in [5.41, 5.74) is -0.248. The molecule has 0 aliphatic rings. The molecular formula is C16H16N2O5. The number of H-pyrrole nitrogens is 1. The number of hydrogen-bond donors (Lipinski definition) is 2. The molecule has 0 aliphatic heterocycles. The van der Waals surface area contributed by atoms with E-state index >= 15 is 0 Å². The van der Waals surface area contributed by atoms with E-state index in [1.165, 1.54) is 18.3 Å². The summed E-state index contributed by atoms with van der Waals surface area (Å²) in [7, 11) is 0. The van der Waals surface area contributed by atoms with Crippen molar-refractivity contribution in [3.8, 4) is 5.75 Å². The highest BCUT2D eigenvalue weighted by molar-refractivity contribution is 5.96. The first kappa shape index (κ1) is 16.3. The van der Waals surface area contributed by atoms with Crippen LogP contribution in [0.15, 0.2) is 47.4 Å². The van der Waals surface area contributed by atoms with Gasteiger partial charge in [-0.25, -0.2) is 4.79 Å². The van der Waals surface area contributed by atoms with Crippen LogP contribution in [0.2, 0.25) is 0 Å². The molecular weight excluding hydrogens is 300 g/mol. The van der Waals surface area contributed by atoms with Crippen LogP contribution in [0.25, 0.3) is 0 Å². The fourth-order valence-corrected chi connectivity index (χ4v) is 1.83. The summed E-state index contributed by atoms with van der Waals surface area (Å²) >= 11 is 0. The van der Waals surface area contributed by atoms with Crippen LogP contribution in [0.1, 0.15) is 17.3 Å². The number of carbonyl (C=O) groups is 2. The number of aromatic amines is 1. The lowest BCUT2D eigenvalue weighted by molar-refractivity contribution is -0.119. The Bertz CT molecular complexity index is 754. The highest BCUT2D eigenvalue weighted by Crippen LogP contribution is 2.23. The van der Waals surface area contributed by atoms with E-state index in [9.17, 15) is 14.4 Å². The highest BCUT2D eigenvalue weighted by Gasteiger charge is 2.14. The van der Waals surface area contributed by atoms with Crippen molar-refractivity contribution in [3.05, 3.63) is 58.5 Å². The van der Waals surface area contributed by atoms with Crippen molar-refractivity contribution in [1.29, 1.82) is 0 Å². The lowest BCUT2D eigenvalue weighted by Gasteiger charge is -2.11. The molecule has 0 aliphatic carbocycles. The molecule has 1 amide bonds. The molecule has 23 heavy (non-hydrogen) atoms. The minimum atomic E-state index is -0.861. The number of pyridine rings is 1. The molecule has 0 saturated heterocycles. The van der Waals surface area contributed by atoms with Crippen molar-refractivity contribution < 1.29 is 19.1 Å². The van der Waals surface area contributed by atoms with E-state index < -0.39 is 24.0 Å². The van der Waals surface area contributed by atoms with Gasteiger partial charge in [0, 0.05) is 6.20 Å². The molecule has 2 rings (SSSR count). The number of carbonyl (C=O) groups excluding carboxylic acids is 2. The van der Waals surface area contributed by atoms with Gasteiger partial charge in [0.2, 0.25) is 0 Å². The lowest BCUT2D eigenvalue weighted by Crippen LogP contribution is -2.24. The zero-order valence-electron chi connectivity index (χ0n) is 12.5. The smallest absolute Gasteiger partial charge is 0.344 e. The maximum atomic E-state index is 11.9. The molecule has 0 unspecified atom stereocenters. The predicted molar refractivity (Wildman–Crippen MR) is 83.6 cm³/mol. The van der Waals surface area contributed by atoms with Gasteiger partial charge in [-0.15, -0.1) is 0 Å². The Balaban J connectivity index is 1.94. The van der Waals surface area contributed by atoms with Gasteiger partial charge in [-0.05, 0) is 31.2 Å². The average molecular weight is 316 g/mol. The van der Waals surface area contributed by atoms with Gasteiger partial charge in [0.1, 0.15) is 11.3 Å². The van der Waals surface area contributed by atoms with E-state index in [0.717, 1.165) is 0 Å². The van der Waals surface area contributed by atoms with E-state index in [1.807, 2.05) is 6.92 Å². The van der Waals surface area contributed by atoms with Gasteiger partial charge in [-0.3, -0.25) is 9.59 Å². The topological polar surface area (TPSA) is 97.5 Å². The number of esters is 1. The molecule has 2 N–H and O–H groups in total. The summed E-state index contributed by atoms with van der Waals surface area (Å²) in [5.74, 6) is -0.868. The first-order chi connectivity index (χ1) is 11.1. The standard InChI is InChI=1S/C16H16N2O5/c1-2-22-13-8-4-3-7-12(13)18-14(19)10-23-16(21)11-6-5-9-17-15(11)20/h3-9H,2,10H2,1H3,(H,17,20)(H,18,19). The van der Waals surface area contributed by atoms with Crippen molar-refractivity contribution in [2.45, 2.75) is 6.92 Å². The van der Waals surface area contributed by atoms with Crippen molar-refractivity contribution in [1.82, 2.24) is 4.98 Å². The highest BCUT2D eigenvalue weighted by atomic mass is 16.5. The molecule has 1 aromatic carbocycles. The Kier molecular flexibility index (Phi) is 5.51. The van der Waals surface area contributed by atoms with Crippen molar-refractivity contribution in [3.63, 3.8) is 0 Å². The fraction of sp³-hybridized carbons (Fsp3) is 0.188. The van der Waals surface area contributed by atoms with E-state index in [1.54, 1.807) is 24.3 Å². The summed E-state index contributed by atoms with van der Waals surface area (Å²) in [4.78, 5) is 37.4. The van der Waals surface area contributed by atoms with Gasteiger partial charge in [0.05, 0.1) is 12.3 Å². The Morgan fingerprint density at radius 3 is 2.70 bits per heavy atom. The summed E-state index contributed by atoms with van der Waals surface area (Å²) in [6, 6.07) is 9.73. The number of hydrogen-bond acceptors (Lipinski definition) is 5. The van der Waals surface area contributed by atoms with Crippen molar-refractivity contribution in [2.75, 3.05) is 18.5 Å². The molecule has 0 atom stereocenters. The Morgan fingerprint density at radius 2 is 1.96 bits per heavy atom. The van der Waals surface area contributed by atoms with Crippen LogP contribution in [0.5, 0.6) is 5.75 Å². The molecule has 0 spiro atoms. The number of amides is 1. The fourth-order valence-electron chi connectivity index (χ4n) is 1.83. The van der Waals surface area contributed by atoms with Crippen molar-refractivity contribution >= 4 is 17.6 Å². The third-order valence-electron chi connectivity index (χ3n) is 2.83. The van der Waals surface area contributed by atoms with Crippen LogP contribution in [0.4, 0.5) is 5.69 Å². The lowest BCUT2D eigenvalue weighted by atomic mass is 10.3. The third kappa shape index (κ3) is 4.44. The zero-order chi connectivity index (χ0) is 16.7. The van der Waals surface area contributed by atoms with Crippen LogP contribution >= 0.6 is 0 Å². The quantitative estimate of drug-likeness (QED) is 0.788. The van der Waals surface area contributed by atoms with Gasteiger partial charge in [-0.1, -0.05) is 12.1 Å². The Labute approximate surface area is 132 Å². The van der Waals surface area contributed by atoms with E-state index in [4.69, 9.17) is 9.47 Å². The van der Waals surface area contributed by atoms with Crippen LogP contribution in [0, 0.1) is 0 Å². The summed E-state index contributed by atoms with van der Waals surface area (Å²) in [5, 5.41) is 2.59. The van der Waals surface area contributed by atoms with E-state index in [0.29, 0.717) is 18.0 Å². The minimum absolute atomic E-state index is 0.157. The van der Waals surface area contributed by atoms with Crippen LogP contribution < -0.4 is 15.6 Å². The normalized spacial score (nSPS) is 9.96. The number of rotatable bonds is 6. The molecule has 7 heteroatoms. The predicted octanol–water partition coefficient (Wildman–Crippen LogP) is 1.57. The average Bonchev–Trinajstić information content (AvgIpc) is 2.55. The van der Waals surface area contributed by atoms with Crippen LogP contribution in [-0.2, 0) is 9.53 Å². The minimum Gasteiger partial charge on any atom is -0.492 e. The SMILES string of the molecule is CCOc1ccccc1NC(=O)COC(=O)c1ccc[nH]c1=O. The first-order valence-electron chi connectivity index (χ1n) is 6.98. The maximum Gasteiger partial charge on any atom is 0.344 e. The van der Waals surface area contributed by atoms with Crippen LogP contribution in [0.3, 0.4) is 0 Å². The first-order valence-corrected chi connectivity index (χ1v) is 6.98. The second kappa shape index (κ2) is 7.79. The third-order valence-corrected chi connectivity index (χ3v) is 2.83. The van der Waals surface area contributed by atoms with Crippen molar-refractivity contribution in [2.24, 2.45) is 0 Å². The second-order valence-corrected chi connectivity index (χ2v) is 4.47. The summed E-state index contributed by atoms with van der Waals surface area (Å²) < 4.78 is 10.2. The van der Waals surface area contributed by atoms with Gasteiger partial charge in [-0.2, -0.15) is 0 Å². The largest absolute Gasteiger partial charge is 0.492 e. The summed E-state index contributed by atoms with van der Waals surface area (Å²) in [6.45, 7) is 1.78. The molecule has 1 heterocycles. The monoisotopic (exact) mass is 316 g/mol. The molecule has 120 valence electrons. The second-order valence-electron chi connectivity index (χ2n) is 4.47. The number of para-hydroxylation sites is 2. The molecule has 7 nitrogen and oxygen atoms in total. The number of benzene rings is 1. The van der Waals surface area contributed by atoms with Gasteiger partial charge < -0.3 is 19.8 Å². The van der Waals surface area contributed by atoms with E-state index in [2.05, 4.69) is 10.3 Å². The molecule has 0 bridgehead atoms. The molecule has 2 aromatic rings. The number of ether oxygens (including phenoxy) is 2. The number of anilines is 1. The number of aromatic nitrogens is 1. The molecule has 0 radical (unpaired) electrons. The van der Waals surface area contributed by atoms with Gasteiger partial charge in [0.25, 0.3) is 11.5 Å². The Morgan fingerprint density at radius 1 is 1.17 bits per heavy atom. The summed E-state index contributed by atoms with van der Waals surface area (Å²) in [6.07, 6.45) is 1.40. The maximum absolute atomic E-state index is 11.9. The van der Waals surface area contributed by atoms with Gasteiger partial charge in [0.15, 0.2) is 6.61 Å². The van der Waals surface area contributed by atoms with E-state index in [-0.39, 0.29) is 5.56 Å². The molecule has 0 fully saturated rings. The van der Waals surface area contributed by atoms with Gasteiger partial charge >= 0.3 is 5.97 Å².